The van der Waals surface area contributed by atoms with Crippen molar-refractivity contribution in [3.05, 3.63) is 48.5 Å². The maximum atomic E-state index is 7.23. The number of hydrogen-bond acceptors (Lipinski definition) is 4. The van der Waals surface area contributed by atoms with Gasteiger partial charge in [0.1, 0.15) is 0 Å². The Morgan fingerprint density at radius 2 is 1.17 bits per heavy atom. The zero-order valence-corrected chi connectivity index (χ0v) is 12.3. The summed E-state index contributed by atoms with van der Waals surface area (Å²) in [6.07, 6.45) is 0. The molecule has 18 heavy (non-hydrogen) atoms. The van der Waals surface area contributed by atoms with Crippen LogP contribution < -0.4 is 13.4 Å². The molecule has 0 spiro atoms. The first-order valence-corrected chi connectivity index (χ1v) is 8.46. The molecule has 0 saturated heterocycles. The first kappa shape index (κ1) is 13.5. The molecular formula is C12H12AsO4P. The Hall–Kier alpha value is -0.892. The number of ether oxygens (including phenoxy) is 1. The van der Waals surface area contributed by atoms with E-state index >= 15 is 0 Å². The Bertz CT molecular complexity index is 443. The SMILES string of the molecule is OP(O)O.c1ccc2c(c1)Oc1ccccc1[AsH]2. The van der Waals surface area contributed by atoms with E-state index in [0.29, 0.717) is 0 Å². The number of para-hydroxylation sites is 2. The summed E-state index contributed by atoms with van der Waals surface area (Å²) < 4.78 is 8.60. The molecule has 0 unspecified atom stereocenters. The minimum absolute atomic E-state index is 0.190. The van der Waals surface area contributed by atoms with Crippen LogP contribution in [0.3, 0.4) is 0 Å². The number of rotatable bonds is 0. The van der Waals surface area contributed by atoms with E-state index in [-0.39, 0.29) is 15.8 Å². The van der Waals surface area contributed by atoms with Crippen molar-refractivity contribution in [2.75, 3.05) is 0 Å². The van der Waals surface area contributed by atoms with Gasteiger partial charge in [0, 0.05) is 0 Å². The van der Waals surface area contributed by atoms with Crippen LogP contribution in [-0.2, 0) is 0 Å². The van der Waals surface area contributed by atoms with Gasteiger partial charge in [0.25, 0.3) is 0 Å². The van der Waals surface area contributed by atoms with Gasteiger partial charge in [-0.05, 0) is 0 Å². The predicted molar refractivity (Wildman–Crippen MR) is 73.0 cm³/mol. The van der Waals surface area contributed by atoms with Gasteiger partial charge in [-0.15, -0.1) is 0 Å². The monoisotopic (exact) mass is 326 g/mol. The van der Waals surface area contributed by atoms with Gasteiger partial charge in [0.2, 0.25) is 0 Å². The Labute approximate surface area is 113 Å². The number of fused-ring (bicyclic) bond motifs is 2. The average Bonchev–Trinajstić information content (AvgIpc) is 2.35. The van der Waals surface area contributed by atoms with Crippen LogP contribution in [0.5, 0.6) is 11.5 Å². The molecule has 2 aromatic rings. The molecule has 0 fully saturated rings. The van der Waals surface area contributed by atoms with Crippen LogP contribution in [0.1, 0.15) is 0 Å². The normalized spacial score (nSPS) is 11.8. The van der Waals surface area contributed by atoms with Gasteiger partial charge < -0.3 is 14.7 Å². The molecule has 0 radical (unpaired) electrons. The van der Waals surface area contributed by atoms with Crippen molar-refractivity contribution in [3.63, 3.8) is 0 Å². The number of hydrogen-bond donors (Lipinski definition) is 3. The molecule has 1 aliphatic rings. The van der Waals surface area contributed by atoms with E-state index in [1.54, 1.807) is 0 Å². The zero-order chi connectivity index (χ0) is 13.0. The second-order valence-corrected chi connectivity index (χ2v) is 6.81. The minimum atomic E-state index is -2.62. The van der Waals surface area contributed by atoms with Crippen LogP contribution in [0, 0.1) is 0 Å². The Balaban J connectivity index is 0.000000267. The molecule has 0 saturated carbocycles. The van der Waals surface area contributed by atoms with Crippen molar-refractivity contribution in [2.24, 2.45) is 0 Å². The molecule has 94 valence electrons. The van der Waals surface area contributed by atoms with E-state index in [1.165, 1.54) is 8.70 Å². The van der Waals surface area contributed by atoms with Crippen molar-refractivity contribution in [3.8, 4) is 11.5 Å². The van der Waals surface area contributed by atoms with Gasteiger partial charge in [-0.3, -0.25) is 0 Å². The second-order valence-electron chi connectivity index (χ2n) is 3.49. The maximum absolute atomic E-state index is 7.23. The first-order chi connectivity index (χ1) is 8.66. The van der Waals surface area contributed by atoms with Crippen LogP contribution in [0.15, 0.2) is 48.5 Å². The van der Waals surface area contributed by atoms with Crippen molar-refractivity contribution in [1.29, 1.82) is 0 Å². The zero-order valence-electron chi connectivity index (χ0n) is 9.32. The quantitative estimate of drug-likeness (QED) is 0.412. The Kier molecular flexibility index (Phi) is 4.76. The molecule has 1 aliphatic heterocycles. The molecule has 0 aliphatic carbocycles. The summed E-state index contributed by atoms with van der Waals surface area (Å²) in [5.41, 5.74) is 0. The number of benzene rings is 2. The molecule has 3 rings (SSSR count). The van der Waals surface area contributed by atoms with Crippen molar-refractivity contribution >= 4 is 33.1 Å². The van der Waals surface area contributed by atoms with Crippen LogP contribution >= 0.6 is 8.60 Å². The fourth-order valence-electron chi connectivity index (χ4n) is 1.58. The fraction of sp³-hybridized carbons (Fsp3) is 0. The second kappa shape index (κ2) is 6.33. The van der Waals surface area contributed by atoms with Crippen molar-refractivity contribution < 1.29 is 19.4 Å². The summed E-state index contributed by atoms with van der Waals surface area (Å²) in [6.45, 7) is 0. The third kappa shape index (κ3) is 3.55. The van der Waals surface area contributed by atoms with Crippen molar-refractivity contribution in [1.82, 2.24) is 0 Å². The van der Waals surface area contributed by atoms with Crippen molar-refractivity contribution in [2.45, 2.75) is 0 Å². The Morgan fingerprint density at radius 3 is 1.61 bits per heavy atom. The van der Waals surface area contributed by atoms with E-state index in [9.17, 15) is 0 Å². The molecule has 0 aromatic heterocycles. The van der Waals surface area contributed by atoms with Gasteiger partial charge >= 0.3 is 97.8 Å². The molecule has 0 bridgehead atoms. The van der Waals surface area contributed by atoms with Crippen LogP contribution in [0.4, 0.5) is 0 Å². The van der Waals surface area contributed by atoms with Gasteiger partial charge in [-0.25, -0.2) is 0 Å². The fourth-order valence-corrected chi connectivity index (χ4v) is 4.02. The molecule has 0 atom stereocenters. The van der Waals surface area contributed by atoms with E-state index in [2.05, 4.69) is 36.4 Å². The average molecular weight is 326 g/mol. The predicted octanol–water partition coefficient (Wildman–Crippen LogP) is 0.370. The van der Waals surface area contributed by atoms with Gasteiger partial charge in [-0.1, -0.05) is 0 Å². The Morgan fingerprint density at radius 1 is 0.778 bits per heavy atom. The molecule has 0 amide bonds. The summed E-state index contributed by atoms with van der Waals surface area (Å²) in [4.78, 5) is 21.7. The molecule has 3 N–H and O–H groups in total. The topological polar surface area (TPSA) is 69.9 Å². The van der Waals surface area contributed by atoms with Gasteiger partial charge in [0.05, 0.1) is 0 Å². The standard InChI is InChI=1S/C12H9AsO.H3O3P/c1-3-7-11-9(5-1)13-10-6-2-4-8-12(10)14-11;1-4(2)3/h1-8,13H;1-3H. The van der Waals surface area contributed by atoms with Crippen LogP contribution in [0.2, 0.25) is 0 Å². The van der Waals surface area contributed by atoms with Crippen LogP contribution in [0.25, 0.3) is 0 Å². The third-order valence-electron chi connectivity index (χ3n) is 2.26. The molecule has 4 nitrogen and oxygen atoms in total. The molecule has 2 aromatic carbocycles. The summed E-state index contributed by atoms with van der Waals surface area (Å²) >= 11 is -0.190. The van der Waals surface area contributed by atoms with Crippen LogP contribution in [-0.4, -0.2) is 30.4 Å². The van der Waals surface area contributed by atoms with E-state index in [4.69, 9.17) is 19.4 Å². The third-order valence-corrected chi connectivity index (χ3v) is 5.13. The van der Waals surface area contributed by atoms with E-state index in [1.807, 2.05) is 12.1 Å². The summed E-state index contributed by atoms with van der Waals surface area (Å²) in [7, 11) is -2.62. The first-order valence-electron chi connectivity index (χ1n) is 5.16. The molecule has 6 heteroatoms. The molecular weight excluding hydrogens is 314 g/mol. The summed E-state index contributed by atoms with van der Waals surface area (Å²) in [5, 5.41) is 0. The molecule has 1 heterocycles. The summed E-state index contributed by atoms with van der Waals surface area (Å²) in [5.74, 6) is 2.09. The summed E-state index contributed by atoms with van der Waals surface area (Å²) in [6, 6.07) is 16.7. The van der Waals surface area contributed by atoms with Gasteiger partial charge in [-0.2, -0.15) is 0 Å². The van der Waals surface area contributed by atoms with Gasteiger partial charge in [0.15, 0.2) is 0 Å². The van der Waals surface area contributed by atoms with E-state index in [0.717, 1.165) is 11.5 Å². The van der Waals surface area contributed by atoms with E-state index < -0.39 is 8.60 Å².